The van der Waals surface area contributed by atoms with Crippen LogP contribution >= 0.6 is 11.8 Å². The van der Waals surface area contributed by atoms with Crippen molar-refractivity contribution in [2.45, 2.75) is 23.4 Å². The number of aryl methyl sites for hydroxylation is 1. The molecule has 0 saturated heterocycles. The number of para-hydroxylation sites is 2. The van der Waals surface area contributed by atoms with Crippen molar-refractivity contribution < 1.29 is 9.53 Å². The minimum absolute atomic E-state index is 0.141. The van der Waals surface area contributed by atoms with E-state index in [1.54, 1.807) is 7.11 Å². The number of nitrogens with one attached hydrogen (secondary N) is 2. The van der Waals surface area contributed by atoms with Crippen LogP contribution in [0, 0.1) is 6.92 Å². The number of fused-ring (bicyclic) bond motifs is 1. The number of ether oxygens (including phenoxy) is 1. The number of thioether (sulfide) groups is 1. The van der Waals surface area contributed by atoms with Crippen LogP contribution in [-0.2, 0) is 4.79 Å². The Morgan fingerprint density at radius 2 is 1.73 bits per heavy atom. The SMILES string of the molecule is COc1ccccc1NC(=O)C1Sc2nnc(-c3ccccc3)n2NC1c1ccc(C)cc1. The lowest BCUT2D eigenvalue weighted by Gasteiger charge is -2.33. The van der Waals surface area contributed by atoms with Crippen LogP contribution in [0.1, 0.15) is 17.2 Å². The van der Waals surface area contributed by atoms with Gasteiger partial charge in [0.25, 0.3) is 0 Å². The summed E-state index contributed by atoms with van der Waals surface area (Å²) in [5.74, 6) is 1.18. The van der Waals surface area contributed by atoms with Crippen molar-refractivity contribution in [3.63, 3.8) is 0 Å². The summed E-state index contributed by atoms with van der Waals surface area (Å²) in [5.41, 5.74) is 7.25. The van der Waals surface area contributed by atoms with Gasteiger partial charge in [-0.2, -0.15) is 0 Å². The molecule has 3 aromatic carbocycles. The molecule has 166 valence electrons. The number of nitrogens with zero attached hydrogens (tertiary/aromatic N) is 3. The molecule has 33 heavy (non-hydrogen) atoms. The number of aromatic nitrogens is 3. The van der Waals surface area contributed by atoms with Crippen LogP contribution in [0.2, 0.25) is 0 Å². The molecule has 7 nitrogen and oxygen atoms in total. The largest absolute Gasteiger partial charge is 0.495 e. The van der Waals surface area contributed by atoms with Crippen LogP contribution in [0.4, 0.5) is 5.69 Å². The van der Waals surface area contributed by atoms with E-state index in [1.165, 1.54) is 11.8 Å². The van der Waals surface area contributed by atoms with Crippen molar-refractivity contribution in [2.24, 2.45) is 0 Å². The lowest BCUT2D eigenvalue weighted by molar-refractivity contribution is -0.116. The van der Waals surface area contributed by atoms with Gasteiger partial charge in [0.1, 0.15) is 11.0 Å². The zero-order valence-electron chi connectivity index (χ0n) is 18.2. The van der Waals surface area contributed by atoms with Gasteiger partial charge >= 0.3 is 0 Å². The van der Waals surface area contributed by atoms with Gasteiger partial charge in [0, 0.05) is 5.56 Å². The maximum absolute atomic E-state index is 13.5. The molecule has 5 rings (SSSR count). The van der Waals surface area contributed by atoms with Crippen molar-refractivity contribution in [3.8, 4) is 17.1 Å². The van der Waals surface area contributed by atoms with Crippen molar-refractivity contribution in [2.75, 3.05) is 17.9 Å². The quantitative estimate of drug-likeness (QED) is 0.454. The monoisotopic (exact) mass is 457 g/mol. The molecule has 0 aliphatic carbocycles. The third-order valence-corrected chi connectivity index (χ3v) is 6.74. The summed E-state index contributed by atoms with van der Waals surface area (Å²) in [5, 5.41) is 11.9. The molecule has 1 aromatic heterocycles. The highest BCUT2D eigenvalue weighted by Crippen LogP contribution is 2.39. The Hall–Kier alpha value is -3.78. The van der Waals surface area contributed by atoms with E-state index in [1.807, 2.05) is 66.2 Å². The van der Waals surface area contributed by atoms with Crippen molar-refractivity contribution >= 4 is 23.4 Å². The van der Waals surface area contributed by atoms with Crippen molar-refractivity contribution in [1.29, 1.82) is 0 Å². The molecule has 0 radical (unpaired) electrons. The predicted octanol–water partition coefficient (Wildman–Crippen LogP) is 4.66. The summed E-state index contributed by atoms with van der Waals surface area (Å²) in [6, 6.07) is 25.2. The highest BCUT2D eigenvalue weighted by Gasteiger charge is 2.38. The fraction of sp³-hybridized carbons (Fsp3) is 0.160. The number of rotatable bonds is 5. The van der Waals surface area contributed by atoms with E-state index in [-0.39, 0.29) is 11.9 Å². The smallest absolute Gasteiger partial charge is 0.240 e. The fourth-order valence-corrected chi connectivity index (χ4v) is 4.88. The first-order chi connectivity index (χ1) is 16.1. The normalized spacial score (nSPS) is 17.0. The van der Waals surface area contributed by atoms with Gasteiger partial charge in [-0.05, 0) is 24.6 Å². The number of hydrogen-bond donors (Lipinski definition) is 2. The Labute approximate surface area is 196 Å². The van der Waals surface area contributed by atoms with E-state index < -0.39 is 5.25 Å². The summed E-state index contributed by atoms with van der Waals surface area (Å²) in [4.78, 5) is 13.5. The maximum atomic E-state index is 13.5. The van der Waals surface area contributed by atoms with Crippen LogP contribution < -0.4 is 15.5 Å². The first-order valence-electron chi connectivity index (χ1n) is 10.6. The molecular formula is C25H23N5O2S. The summed E-state index contributed by atoms with van der Waals surface area (Å²) in [6.45, 7) is 2.05. The second kappa shape index (κ2) is 8.99. The average Bonchev–Trinajstić information content (AvgIpc) is 3.27. The maximum Gasteiger partial charge on any atom is 0.240 e. The second-order valence-corrected chi connectivity index (χ2v) is 8.86. The van der Waals surface area contributed by atoms with Gasteiger partial charge in [0.15, 0.2) is 5.82 Å². The van der Waals surface area contributed by atoms with Crippen molar-refractivity contribution in [3.05, 3.63) is 90.0 Å². The van der Waals surface area contributed by atoms with E-state index in [4.69, 9.17) is 4.74 Å². The van der Waals surface area contributed by atoms with E-state index in [0.29, 0.717) is 22.4 Å². The molecule has 4 aromatic rings. The average molecular weight is 458 g/mol. The van der Waals surface area contributed by atoms with Crippen LogP contribution in [0.15, 0.2) is 84.0 Å². The minimum atomic E-state index is -0.474. The summed E-state index contributed by atoms with van der Waals surface area (Å²) >= 11 is 1.39. The molecular weight excluding hydrogens is 434 g/mol. The number of anilines is 1. The molecule has 1 amide bonds. The Kier molecular flexibility index (Phi) is 5.75. The Morgan fingerprint density at radius 1 is 1.00 bits per heavy atom. The van der Waals surface area contributed by atoms with Crippen molar-refractivity contribution in [1.82, 2.24) is 14.9 Å². The Bertz CT molecular complexity index is 1270. The Morgan fingerprint density at radius 3 is 2.48 bits per heavy atom. The Balaban J connectivity index is 1.52. The number of methoxy groups -OCH3 is 1. The lowest BCUT2D eigenvalue weighted by atomic mass is 10.0. The number of hydrogen-bond acceptors (Lipinski definition) is 6. The topological polar surface area (TPSA) is 81.1 Å². The second-order valence-electron chi connectivity index (χ2n) is 7.75. The van der Waals surface area contributed by atoms with Crippen LogP contribution in [-0.4, -0.2) is 33.1 Å². The highest BCUT2D eigenvalue weighted by atomic mass is 32.2. The molecule has 2 heterocycles. The molecule has 2 unspecified atom stereocenters. The van der Waals surface area contributed by atoms with E-state index in [2.05, 4.69) is 45.2 Å². The van der Waals surface area contributed by atoms with Gasteiger partial charge in [-0.1, -0.05) is 84.1 Å². The van der Waals surface area contributed by atoms with Crippen LogP contribution in [0.25, 0.3) is 11.4 Å². The molecule has 1 aliphatic heterocycles. The van der Waals surface area contributed by atoms with Gasteiger partial charge in [0.05, 0.1) is 18.8 Å². The zero-order chi connectivity index (χ0) is 22.8. The van der Waals surface area contributed by atoms with Crippen LogP contribution in [0.5, 0.6) is 5.75 Å². The first-order valence-corrected chi connectivity index (χ1v) is 11.5. The predicted molar refractivity (Wildman–Crippen MR) is 130 cm³/mol. The molecule has 2 atom stereocenters. The summed E-state index contributed by atoms with van der Waals surface area (Å²) in [7, 11) is 1.59. The molecule has 0 fully saturated rings. The van der Waals surface area contributed by atoms with E-state index in [0.717, 1.165) is 16.7 Å². The van der Waals surface area contributed by atoms with E-state index >= 15 is 0 Å². The third kappa shape index (κ3) is 4.17. The van der Waals surface area contributed by atoms with Gasteiger partial charge in [-0.25, -0.2) is 4.68 Å². The number of carbonyl (C=O) groups excluding carboxylic acids is 1. The summed E-state index contributed by atoms with van der Waals surface area (Å²) < 4.78 is 7.28. The fourth-order valence-electron chi connectivity index (χ4n) is 3.81. The van der Waals surface area contributed by atoms with E-state index in [9.17, 15) is 4.79 Å². The highest BCUT2D eigenvalue weighted by molar-refractivity contribution is 8.00. The van der Waals surface area contributed by atoms with Crippen LogP contribution in [0.3, 0.4) is 0 Å². The zero-order valence-corrected chi connectivity index (χ0v) is 19.0. The molecule has 8 heteroatoms. The molecule has 2 N–H and O–H groups in total. The standard InChI is InChI=1S/C25H23N5O2S/c1-16-12-14-17(15-13-16)21-22(24(31)26-19-10-6-7-11-20(19)32-2)33-25-28-27-23(30(25)29-21)18-8-4-3-5-9-18/h3-15,21-22,29H,1-2H3,(H,26,31). The van der Waals surface area contributed by atoms with Gasteiger partial charge < -0.3 is 15.5 Å². The molecule has 1 aliphatic rings. The third-order valence-electron chi connectivity index (χ3n) is 5.53. The molecule has 0 bridgehead atoms. The van der Waals surface area contributed by atoms with Gasteiger partial charge in [-0.3, -0.25) is 4.79 Å². The summed E-state index contributed by atoms with van der Waals surface area (Å²) in [6.07, 6.45) is 0. The number of benzene rings is 3. The lowest BCUT2D eigenvalue weighted by Crippen LogP contribution is -2.41. The number of carbonyl (C=O) groups is 1. The molecule has 0 saturated carbocycles. The first kappa shape index (κ1) is 21.1. The van der Waals surface area contributed by atoms with Gasteiger partial charge in [-0.15, -0.1) is 10.2 Å². The minimum Gasteiger partial charge on any atom is -0.495 e. The molecule has 0 spiro atoms. The number of amides is 1. The van der Waals surface area contributed by atoms with Gasteiger partial charge in [0.2, 0.25) is 11.1 Å².